The summed E-state index contributed by atoms with van der Waals surface area (Å²) in [6.07, 6.45) is 5.79. The van der Waals surface area contributed by atoms with Crippen molar-refractivity contribution in [2.45, 2.75) is 63.6 Å². The van der Waals surface area contributed by atoms with E-state index in [-0.39, 0.29) is 23.9 Å². The number of sulfonamides is 1. The number of benzene rings is 1. The molecule has 10 nitrogen and oxygen atoms in total. The van der Waals surface area contributed by atoms with Crippen LogP contribution in [0.25, 0.3) is 0 Å². The lowest BCUT2D eigenvalue weighted by Crippen LogP contribution is -2.43. The molecule has 0 unspecified atom stereocenters. The number of carbonyl (C=O) groups is 2. The maximum Gasteiger partial charge on any atom is 0.332 e. The topological polar surface area (TPSA) is 112 Å². The number of hydrogen-bond acceptors (Lipinski definition) is 7. The van der Waals surface area contributed by atoms with E-state index in [1.54, 1.807) is 44.2 Å². The quantitative estimate of drug-likeness (QED) is 0.509. The lowest BCUT2D eigenvalue weighted by Gasteiger charge is -2.38. The van der Waals surface area contributed by atoms with Crippen LogP contribution in [0, 0.1) is 0 Å². The average Bonchev–Trinajstić information content (AvgIpc) is 3.25. The fraction of sp³-hybridized carbons (Fsp3) is 0.519. The van der Waals surface area contributed by atoms with Crippen LogP contribution in [0.15, 0.2) is 36.5 Å². The van der Waals surface area contributed by atoms with Crippen molar-refractivity contribution in [1.29, 1.82) is 0 Å². The molecule has 5 rings (SSSR count). The normalized spacial score (nSPS) is 20.6. The number of carbonyl (C=O) groups excluding carboxylic acids is 2. The van der Waals surface area contributed by atoms with Gasteiger partial charge in [-0.15, -0.1) is 0 Å². The van der Waals surface area contributed by atoms with Crippen molar-refractivity contribution in [3.8, 4) is 0 Å². The molecule has 3 amide bonds. The molecule has 204 valence electrons. The summed E-state index contributed by atoms with van der Waals surface area (Å²) in [4.78, 5) is 34.4. The second-order valence-electron chi connectivity index (χ2n) is 11.2. The number of anilines is 3. The number of methoxy groups -OCH3 is 1. The highest BCUT2D eigenvalue weighted by molar-refractivity contribution is 7.92. The first-order valence-electron chi connectivity index (χ1n) is 12.9. The zero-order valence-electron chi connectivity index (χ0n) is 22.5. The summed E-state index contributed by atoms with van der Waals surface area (Å²) in [5.74, 6) is 0.301. The molecule has 1 N–H and O–H groups in total. The fourth-order valence-electron chi connectivity index (χ4n) is 5.79. The van der Waals surface area contributed by atoms with Gasteiger partial charge in [0.1, 0.15) is 11.4 Å². The van der Waals surface area contributed by atoms with Crippen LogP contribution >= 0.6 is 0 Å². The van der Waals surface area contributed by atoms with Crippen molar-refractivity contribution in [3.63, 3.8) is 0 Å². The third-order valence-electron chi connectivity index (χ3n) is 8.04. The Bertz CT molecular complexity index is 1390. The van der Waals surface area contributed by atoms with Gasteiger partial charge in [0.25, 0.3) is 5.91 Å². The third-order valence-corrected chi connectivity index (χ3v) is 9.16. The molecule has 0 radical (unpaired) electrons. The molecular formula is C27H35N5O5S. The van der Waals surface area contributed by atoms with Gasteiger partial charge in [-0.3, -0.25) is 9.10 Å². The van der Waals surface area contributed by atoms with Crippen molar-refractivity contribution >= 4 is 39.2 Å². The number of nitrogens with one attached hydrogen (secondary N) is 1. The van der Waals surface area contributed by atoms with E-state index >= 15 is 0 Å². The number of hydrogen-bond donors (Lipinski definition) is 1. The number of imide groups is 1. The summed E-state index contributed by atoms with van der Waals surface area (Å²) >= 11 is 0. The summed E-state index contributed by atoms with van der Waals surface area (Å²) in [6.45, 7) is 6.59. The Morgan fingerprint density at radius 3 is 2.53 bits per heavy atom. The van der Waals surface area contributed by atoms with Crippen LogP contribution in [-0.4, -0.2) is 68.3 Å². The molecule has 2 aromatic rings. The SMILES string of the molecule is COC[C@@H](C)Nc1cc(CN2C(=O)N(c3ccc4c(c3)N(S(C)(=O)=O)CC43CCC3)C(=O)C2(C)C)ccn1. The van der Waals surface area contributed by atoms with Crippen LogP contribution < -0.4 is 14.5 Å². The van der Waals surface area contributed by atoms with Crippen LogP contribution in [0.3, 0.4) is 0 Å². The number of fused-ring (bicyclic) bond motifs is 2. The molecule has 1 aromatic carbocycles. The summed E-state index contributed by atoms with van der Waals surface area (Å²) in [5, 5.41) is 3.27. The Hall–Kier alpha value is -3.18. The molecule has 1 atom stereocenters. The first-order valence-corrected chi connectivity index (χ1v) is 14.7. The van der Waals surface area contributed by atoms with Gasteiger partial charge in [0, 0.05) is 37.9 Å². The van der Waals surface area contributed by atoms with Crippen LogP contribution in [0.1, 0.15) is 51.2 Å². The summed E-state index contributed by atoms with van der Waals surface area (Å²) < 4.78 is 31.9. The number of pyridine rings is 1. The maximum absolute atomic E-state index is 13.7. The van der Waals surface area contributed by atoms with Gasteiger partial charge in [-0.1, -0.05) is 12.5 Å². The molecule has 1 aliphatic carbocycles. The first kappa shape index (κ1) is 26.4. The fourth-order valence-corrected chi connectivity index (χ4v) is 6.78. The number of rotatable bonds is 8. The van der Waals surface area contributed by atoms with Gasteiger partial charge >= 0.3 is 6.03 Å². The molecular weight excluding hydrogens is 506 g/mol. The maximum atomic E-state index is 13.7. The smallest absolute Gasteiger partial charge is 0.332 e. The minimum atomic E-state index is -3.51. The van der Waals surface area contributed by atoms with Gasteiger partial charge in [-0.2, -0.15) is 0 Å². The monoisotopic (exact) mass is 541 g/mol. The lowest BCUT2D eigenvalue weighted by atomic mass is 9.66. The minimum Gasteiger partial charge on any atom is -0.383 e. The van der Waals surface area contributed by atoms with Crippen molar-refractivity contribution < 1.29 is 22.7 Å². The Kier molecular flexibility index (Phi) is 6.42. The molecule has 3 aliphatic rings. The summed E-state index contributed by atoms with van der Waals surface area (Å²) in [7, 11) is -1.87. The lowest BCUT2D eigenvalue weighted by molar-refractivity contribution is -0.123. The number of urea groups is 1. The molecule has 2 fully saturated rings. The standard InChI is InChI=1S/C27H35N5O5S/c1-18(16-37-4)29-23-13-19(9-12-28-23)15-30-25(34)32(24(33)26(30,2)3)20-7-8-21-22(14-20)31(38(5,35)36)17-27(21)10-6-11-27/h7-9,12-14,18H,6,10-11,15-17H2,1-5H3,(H,28,29)/t18-/m1/s1. The molecule has 0 bridgehead atoms. The molecule has 38 heavy (non-hydrogen) atoms. The van der Waals surface area contributed by atoms with Crippen LogP contribution in [0.4, 0.5) is 22.0 Å². The van der Waals surface area contributed by atoms with E-state index in [0.717, 1.165) is 30.4 Å². The van der Waals surface area contributed by atoms with Gasteiger partial charge in [0.05, 0.1) is 24.2 Å². The Morgan fingerprint density at radius 1 is 1.16 bits per heavy atom. The largest absolute Gasteiger partial charge is 0.383 e. The molecule has 1 aromatic heterocycles. The predicted molar refractivity (Wildman–Crippen MR) is 146 cm³/mol. The number of nitrogens with zero attached hydrogens (tertiary/aromatic N) is 4. The van der Waals surface area contributed by atoms with Crippen LogP contribution in [-0.2, 0) is 31.5 Å². The zero-order chi connectivity index (χ0) is 27.5. The van der Waals surface area contributed by atoms with Gasteiger partial charge in [0.15, 0.2) is 0 Å². The van der Waals surface area contributed by atoms with Gasteiger partial charge in [-0.25, -0.2) is 23.1 Å². The van der Waals surface area contributed by atoms with Gasteiger partial charge < -0.3 is 15.0 Å². The van der Waals surface area contributed by atoms with Crippen LogP contribution in [0.5, 0.6) is 0 Å². The molecule has 11 heteroatoms. The molecule has 1 spiro atoms. The highest BCUT2D eigenvalue weighted by Gasteiger charge is 2.53. The van der Waals surface area contributed by atoms with Crippen molar-refractivity contribution in [2.24, 2.45) is 0 Å². The Balaban J connectivity index is 1.44. The molecule has 2 aliphatic heterocycles. The predicted octanol–water partition coefficient (Wildman–Crippen LogP) is 3.48. The second kappa shape index (κ2) is 9.23. The Labute approximate surface area is 224 Å². The van der Waals surface area contributed by atoms with E-state index in [1.165, 1.54) is 15.5 Å². The summed E-state index contributed by atoms with van der Waals surface area (Å²) in [5.41, 5.74) is 1.48. The van der Waals surface area contributed by atoms with Gasteiger partial charge in [0.2, 0.25) is 10.0 Å². The number of amides is 3. The highest BCUT2D eigenvalue weighted by Crippen LogP contribution is 2.54. The molecule has 1 saturated carbocycles. The third kappa shape index (κ3) is 4.31. The zero-order valence-corrected chi connectivity index (χ0v) is 23.3. The van der Waals surface area contributed by atoms with Crippen LogP contribution in [0.2, 0.25) is 0 Å². The summed E-state index contributed by atoms with van der Waals surface area (Å²) in [6, 6.07) is 8.64. The number of ether oxygens (including phenoxy) is 1. The minimum absolute atomic E-state index is 0.0510. The number of aromatic nitrogens is 1. The van der Waals surface area contributed by atoms with Crippen molar-refractivity contribution in [1.82, 2.24) is 9.88 Å². The second-order valence-corrected chi connectivity index (χ2v) is 13.1. The van der Waals surface area contributed by atoms with E-state index in [1.807, 2.05) is 25.1 Å². The van der Waals surface area contributed by atoms with Crippen molar-refractivity contribution in [3.05, 3.63) is 47.7 Å². The van der Waals surface area contributed by atoms with E-state index in [4.69, 9.17) is 4.74 Å². The average molecular weight is 542 g/mol. The highest BCUT2D eigenvalue weighted by atomic mass is 32.2. The Morgan fingerprint density at radius 2 is 1.89 bits per heavy atom. The van der Waals surface area contributed by atoms with E-state index < -0.39 is 21.6 Å². The van der Waals surface area contributed by atoms with E-state index in [0.29, 0.717) is 30.3 Å². The van der Waals surface area contributed by atoms with E-state index in [9.17, 15) is 18.0 Å². The van der Waals surface area contributed by atoms with E-state index in [2.05, 4.69) is 10.3 Å². The van der Waals surface area contributed by atoms with Crippen molar-refractivity contribution in [2.75, 3.05) is 41.0 Å². The van der Waals surface area contributed by atoms with Gasteiger partial charge in [-0.05, 0) is 69.0 Å². The first-order chi connectivity index (χ1) is 17.9. The molecule has 3 heterocycles. The molecule has 1 saturated heterocycles.